The minimum atomic E-state index is 0. The van der Waals surface area contributed by atoms with Gasteiger partial charge in [-0.2, -0.15) is 0 Å². The van der Waals surface area contributed by atoms with E-state index in [4.69, 9.17) is 0 Å². The fourth-order valence-electron chi connectivity index (χ4n) is 2.73. The largest absolute Gasteiger partial charge is 0.357 e. The molecule has 0 bridgehead atoms. The van der Waals surface area contributed by atoms with Gasteiger partial charge in [-0.05, 0) is 50.9 Å². The Hall–Kier alpha value is -0.890. The van der Waals surface area contributed by atoms with Crippen LogP contribution >= 0.6 is 24.0 Å². The third kappa shape index (κ3) is 7.97. The molecule has 2 rings (SSSR count). The summed E-state index contributed by atoms with van der Waals surface area (Å²) in [4.78, 5) is 11.5. The average Bonchev–Trinajstić information content (AvgIpc) is 3.04. The van der Waals surface area contributed by atoms with Crippen molar-refractivity contribution >= 4 is 29.9 Å². The lowest BCUT2D eigenvalue weighted by Gasteiger charge is -2.21. The molecule has 1 aromatic rings. The van der Waals surface area contributed by atoms with Crippen molar-refractivity contribution in [1.29, 1.82) is 0 Å². The maximum atomic E-state index is 4.61. The number of hydrogen-bond donors (Lipinski definition) is 2. The van der Waals surface area contributed by atoms with Crippen LogP contribution in [0.4, 0.5) is 0 Å². The van der Waals surface area contributed by atoms with Crippen LogP contribution in [-0.2, 0) is 6.54 Å². The number of likely N-dealkylation sites (tertiary alicyclic amines) is 1. The first-order valence-electron chi connectivity index (χ1n) is 8.42. The smallest absolute Gasteiger partial charge is 0.191 e. The number of nitrogens with zero attached hydrogens (tertiary/aromatic N) is 3. The Morgan fingerprint density at radius 3 is 2.74 bits per heavy atom. The molecule has 2 N–H and O–H groups in total. The molecule has 1 fully saturated rings. The van der Waals surface area contributed by atoms with Crippen molar-refractivity contribution in [2.24, 2.45) is 10.9 Å². The summed E-state index contributed by atoms with van der Waals surface area (Å²) in [7, 11) is 0. The van der Waals surface area contributed by atoms with Crippen molar-refractivity contribution in [2.75, 3.05) is 32.7 Å². The Balaban J connectivity index is 0.00000264. The molecule has 1 aromatic heterocycles. The first kappa shape index (κ1) is 20.2. The fraction of sp³-hybridized carbons (Fsp3) is 0.647. The lowest BCUT2D eigenvalue weighted by molar-refractivity contribution is 0.287. The van der Waals surface area contributed by atoms with Gasteiger partial charge in [-0.1, -0.05) is 13.0 Å². The zero-order valence-corrected chi connectivity index (χ0v) is 16.6. The van der Waals surface area contributed by atoms with Crippen LogP contribution in [0, 0.1) is 5.92 Å². The van der Waals surface area contributed by atoms with E-state index in [-0.39, 0.29) is 24.0 Å². The molecule has 1 aliphatic heterocycles. The summed E-state index contributed by atoms with van der Waals surface area (Å²) in [6.45, 7) is 10.5. The van der Waals surface area contributed by atoms with E-state index < -0.39 is 0 Å². The molecule has 1 atom stereocenters. The van der Waals surface area contributed by atoms with E-state index in [1.807, 2.05) is 24.4 Å². The second-order valence-corrected chi connectivity index (χ2v) is 6.01. The predicted octanol–water partition coefficient (Wildman–Crippen LogP) is 2.49. The molecule has 130 valence electrons. The standard InChI is InChI=1S/C17H29N5.HI/c1-3-18-17(21-13-16-8-4-5-9-19-16)20-12-15(2)14-22-10-6-7-11-22;/h4-5,8-9,15H,3,6-7,10-14H2,1-2H3,(H2,18,20,21);1H. The van der Waals surface area contributed by atoms with Crippen molar-refractivity contribution < 1.29 is 0 Å². The van der Waals surface area contributed by atoms with Gasteiger partial charge in [-0.15, -0.1) is 24.0 Å². The number of aliphatic imine (C=N–C) groups is 1. The minimum absolute atomic E-state index is 0. The Kier molecular flexibility index (Phi) is 10.2. The van der Waals surface area contributed by atoms with Crippen LogP contribution in [0.25, 0.3) is 0 Å². The molecular weight excluding hydrogens is 401 g/mol. The van der Waals surface area contributed by atoms with Gasteiger partial charge in [0.1, 0.15) is 0 Å². The molecule has 5 nitrogen and oxygen atoms in total. The van der Waals surface area contributed by atoms with Gasteiger partial charge in [0.05, 0.1) is 12.2 Å². The van der Waals surface area contributed by atoms with Crippen molar-refractivity contribution in [3.05, 3.63) is 30.1 Å². The van der Waals surface area contributed by atoms with Crippen LogP contribution in [0.1, 0.15) is 32.4 Å². The SMILES string of the molecule is CCNC(=NCc1ccccn1)NCC(C)CN1CCCC1.I. The van der Waals surface area contributed by atoms with E-state index >= 15 is 0 Å². The molecule has 0 aliphatic carbocycles. The highest BCUT2D eigenvalue weighted by molar-refractivity contribution is 14.0. The van der Waals surface area contributed by atoms with Gasteiger partial charge in [0, 0.05) is 25.8 Å². The molecule has 1 unspecified atom stereocenters. The summed E-state index contributed by atoms with van der Waals surface area (Å²) < 4.78 is 0. The summed E-state index contributed by atoms with van der Waals surface area (Å²) in [6.07, 6.45) is 4.52. The van der Waals surface area contributed by atoms with Gasteiger partial charge in [-0.25, -0.2) is 4.99 Å². The third-order valence-electron chi connectivity index (χ3n) is 3.86. The normalized spacial score (nSPS) is 16.7. The molecule has 2 heterocycles. The summed E-state index contributed by atoms with van der Waals surface area (Å²) >= 11 is 0. The van der Waals surface area contributed by atoms with Crippen LogP contribution < -0.4 is 10.6 Å². The van der Waals surface area contributed by atoms with E-state index in [0.717, 1.165) is 24.7 Å². The van der Waals surface area contributed by atoms with E-state index in [0.29, 0.717) is 12.5 Å². The number of pyridine rings is 1. The number of hydrogen-bond acceptors (Lipinski definition) is 3. The fourth-order valence-corrected chi connectivity index (χ4v) is 2.73. The van der Waals surface area contributed by atoms with Crippen LogP contribution in [-0.4, -0.2) is 48.6 Å². The van der Waals surface area contributed by atoms with E-state index in [9.17, 15) is 0 Å². The molecular formula is C17H30IN5. The van der Waals surface area contributed by atoms with Gasteiger partial charge in [0.2, 0.25) is 0 Å². The molecule has 0 amide bonds. The topological polar surface area (TPSA) is 52.6 Å². The minimum Gasteiger partial charge on any atom is -0.357 e. The van der Waals surface area contributed by atoms with Crippen LogP contribution in [0.15, 0.2) is 29.4 Å². The van der Waals surface area contributed by atoms with E-state index in [1.165, 1.54) is 32.5 Å². The van der Waals surface area contributed by atoms with Crippen LogP contribution in [0.2, 0.25) is 0 Å². The number of nitrogens with one attached hydrogen (secondary N) is 2. The van der Waals surface area contributed by atoms with Gasteiger partial charge in [0.25, 0.3) is 0 Å². The summed E-state index contributed by atoms with van der Waals surface area (Å²) in [6, 6.07) is 5.93. The van der Waals surface area contributed by atoms with Gasteiger partial charge in [-0.3, -0.25) is 4.98 Å². The van der Waals surface area contributed by atoms with Crippen molar-refractivity contribution in [2.45, 2.75) is 33.2 Å². The highest BCUT2D eigenvalue weighted by atomic mass is 127. The molecule has 0 aromatic carbocycles. The number of guanidine groups is 1. The lowest BCUT2D eigenvalue weighted by Crippen LogP contribution is -2.41. The van der Waals surface area contributed by atoms with Crippen LogP contribution in [0.3, 0.4) is 0 Å². The highest BCUT2D eigenvalue weighted by Crippen LogP contribution is 2.09. The Labute approximate surface area is 157 Å². The number of halogens is 1. The first-order valence-corrected chi connectivity index (χ1v) is 8.42. The maximum Gasteiger partial charge on any atom is 0.191 e. The average molecular weight is 431 g/mol. The van der Waals surface area contributed by atoms with Crippen LogP contribution in [0.5, 0.6) is 0 Å². The highest BCUT2D eigenvalue weighted by Gasteiger charge is 2.14. The number of rotatable bonds is 7. The van der Waals surface area contributed by atoms with Crippen molar-refractivity contribution in [3.8, 4) is 0 Å². The summed E-state index contributed by atoms with van der Waals surface area (Å²) in [5.74, 6) is 1.50. The Morgan fingerprint density at radius 2 is 2.09 bits per heavy atom. The second kappa shape index (κ2) is 11.6. The number of aromatic nitrogens is 1. The quantitative estimate of drug-likeness (QED) is 0.396. The van der Waals surface area contributed by atoms with E-state index in [2.05, 4.69) is 39.4 Å². The third-order valence-corrected chi connectivity index (χ3v) is 3.86. The molecule has 1 aliphatic rings. The lowest BCUT2D eigenvalue weighted by atomic mass is 10.1. The summed E-state index contributed by atoms with van der Waals surface area (Å²) in [5, 5.41) is 6.75. The second-order valence-electron chi connectivity index (χ2n) is 6.01. The van der Waals surface area contributed by atoms with Gasteiger partial charge in [0.15, 0.2) is 5.96 Å². The molecule has 1 saturated heterocycles. The van der Waals surface area contributed by atoms with Crippen molar-refractivity contribution in [3.63, 3.8) is 0 Å². The monoisotopic (exact) mass is 431 g/mol. The zero-order chi connectivity index (χ0) is 15.6. The maximum absolute atomic E-state index is 4.61. The summed E-state index contributed by atoms with van der Waals surface area (Å²) in [5.41, 5.74) is 0.991. The molecule has 0 saturated carbocycles. The molecule has 23 heavy (non-hydrogen) atoms. The predicted molar refractivity (Wildman–Crippen MR) is 107 cm³/mol. The molecule has 6 heteroatoms. The van der Waals surface area contributed by atoms with E-state index in [1.54, 1.807) is 0 Å². The first-order chi connectivity index (χ1) is 10.8. The Morgan fingerprint density at radius 1 is 1.30 bits per heavy atom. The zero-order valence-electron chi connectivity index (χ0n) is 14.3. The Bertz CT molecular complexity index is 446. The molecule has 0 radical (unpaired) electrons. The molecule has 0 spiro atoms. The van der Waals surface area contributed by atoms with Gasteiger partial charge >= 0.3 is 0 Å². The van der Waals surface area contributed by atoms with Crippen molar-refractivity contribution in [1.82, 2.24) is 20.5 Å². The van der Waals surface area contributed by atoms with Gasteiger partial charge < -0.3 is 15.5 Å².